The maximum Gasteiger partial charge on any atom is 0.410 e. The van der Waals surface area contributed by atoms with Crippen LogP contribution in [0.15, 0.2) is 30.3 Å². The topological polar surface area (TPSA) is 49.9 Å². The van der Waals surface area contributed by atoms with E-state index in [0.717, 1.165) is 0 Å². The first-order valence-electron chi connectivity index (χ1n) is 9.48. The third-order valence-corrected chi connectivity index (χ3v) is 4.71. The van der Waals surface area contributed by atoms with Gasteiger partial charge < -0.3 is 14.5 Å². The summed E-state index contributed by atoms with van der Waals surface area (Å²) >= 11 is 0. The molecule has 1 aromatic rings. The normalized spacial score (nSPS) is 16.5. The standard InChI is InChI=1S/C21H32N2O3/c1-16(2)18(17-9-7-6-8-10-17)15-19(24)22-11-13-23(14-12-22)20(25)26-21(3,4)5/h6-10,16,18H,11-15H2,1-5H3. The molecule has 0 spiro atoms. The van der Waals surface area contributed by atoms with Crippen molar-refractivity contribution in [2.45, 2.75) is 52.6 Å². The van der Waals surface area contributed by atoms with E-state index < -0.39 is 5.60 Å². The van der Waals surface area contributed by atoms with Gasteiger partial charge in [0.25, 0.3) is 0 Å². The zero-order chi connectivity index (χ0) is 19.3. The van der Waals surface area contributed by atoms with Gasteiger partial charge in [0.1, 0.15) is 5.60 Å². The van der Waals surface area contributed by atoms with Gasteiger partial charge >= 0.3 is 6.09 Å². The Morgan fingerprint density at radius 1 is 1.00 bits per heavy atom. The van der Waals surface area contributed by atoms with Crippen molar-refractivity contribution in [1.82, 2.24) is 9.80 Å². The molecule has 1 aromatic carbocycles. The lowest BCUT2D eigenvalue weighted by molar-refractivity contribution is -0.133. The van der Waals surface area contributed by atoms with E-state index in [0.29, 0.717) is 38.5 Å². The first-order valence-corrected chi connectivity index (χ1v) is 9.48. The summed E-state index contributed by atoms with van der Waals surface area (Å²) in [5.74, 6) is 0.772. The largest absolute Gasteiger partial charge is 0.444 e. The first kappa shape index (κ1) is 20.3. The molecular weight excluding hydrogens is 328 g/mol. The molecule has 0 bridgehead atoms. The molecule has 0 N–H and O–H groups in total. The molecule has 1 fully saturated rings. The molecular formula is C21H32N2O3. The first-order chi connectivity index (χ1) is 12.2. The van der Waals surface area contributed by atoms with E-state index >= 15 is 0 Å². The Bertz CT molecular complexity index is 599. The molecule has 1 saturated heterocycles. The summed E-state index contributed by atoms with van der Waals surface area (Å²) in [7, 11) is 0. The summed E-state index contributed by atoms with van der Waals surface area (Å²) in [4.78, 5) is 28.5. The van der Waals surface area contributed by atoms with Gasteiger partial charge in [-0.05, 0) is 38.2 Å². The summed E-state index contributed by atoms with van der Waals surface area (Å²) in [6.45, 7) is 12.1. The van der Waals surface area contributed by atoms with Crippen molar-refractivity contribution in [3.05, 3.63) is 35.9 Å². The van der Waals surface area contributed by atoms with Crippen molar-refractivity contribution in [1.29, 1.82) is 0 Å². The molecule has 5 heteroatoms. The molecule has 0 radical (unpaired) electrons. The lowest BCUT2D eigenvalue weighted by Crippen LogP contribution is -2.51. The number of carbonyl (C=O) groups is 2. The predicted octanol–water partition coefficient (Wildman–Crippen LogP) is 3.90. The fourth-order valence-electron chi connectivity index (χ4n) is 3.22. The monoisotopic (exact) mass is 360 g/mol. The zero-order valence-electron chi connectivity index (χ0n) is 16.7. The smallest absolute Gasteiger partial charge is 0.410 e. The number of ether oxygens (including phenoxy) is 1. The Labute approximate surface area is 157 Å². The molecule has 1 atom stereocenters. The Morgan fingerprint density at radius 2 is 1.54 bits per heavy atom. The fourth-order valence-corrected chi connectivity index (χ4v) is 3.22. The molecule has 5 nitrogen and oxygen atoms in total. The van der Waals surface area contributed by atoms with E-state index in [2.05, 4.69) is 26.0 Å². The van der Waals surface area contributed by atoms with Gasteiger partial charge in [0.2, 0.25) is 5.91 Å². The van der Waals surface area contributed by atoms with Crippen LogP contribution in [-0.4, -0.2) is 53.6 Å². The van der Waals surface area contributed by atoms with Crippen LogP contribution in [0.25, 0.3) is 0 Å². The van der Waals surface area contributed by atoms with E-state index in [9.17, 15) is 9.59 Å². The maximum absolute atomic E-state index is 12.8. The minimum absolute atomic E-state index is 0.163. The molecule has 1 unspecified atom stereocenters. The molecule has 144 valence electrons. The highest BCUT2D eigenvalue weighted by atomic mass is 16.6. The minimum atomic E-state index is -0.496. The van der Waals surface area contributed by atoms with Crippen LogP contribution >= 0.6 is 0 Å². The average Bonchev–Trinajstić information content (AvgIpc) is 2.58. The zero-order valence-corrected chi connectivity index (χ0v) is 16.7. The van der Waals surface area contributed by atoms with Crippen molar-refractivity contribution < 1.29 is 14.3 Å². The molecule has 0 saturated carbocycles. The highest BCUT2D eigenvalue weighted by Crippen LogP contribution is 2.28. The van der Waals surface area contributed by atoms with Gasteiger partial charge in [-0.15, -0.1) is 0 Å². The predicted molar refractivity (Wildman–Crippen MR) is 103 cm³/mol. The quantitative estimate of drug-likeness (QED) is 0.818. The van der Waals surface area contributed by atoms with E-state index in [1.165, 1.54) is 5.56 Å². The third-order valence-electron chi connectivity index (χ3n) is 4.71. The number of piperazine rings is 1. The van der Waals surface area contributed by atoms with Crippen LogP contribution in [0.3, 0.4) is 0 Å². The van der Waals surface area contributed by atoms with Gasteiger partial charge in [0, 0.05) is 32.6 Å². The molecule has 0 aliphatic carbocycles. The second-order valence-electron chi connectivity index (χ2n) is 8.31. The SMILES string of the molecule is CC(C)C(CC(=O)N1CCN(C(=O)OC(C)(C)C)CC1)c1ccccc1. The number of nitrogens with zero attached hydrogens (tertiary/aromatic N) is 2. The van der Waals surface area contributed by atoms with Gasteiger partial charge in [-0.1, -0.05) is 44.2 Å². The Kier molecular flexibility index (Phi) is 6.68. The summed E-state index contributed by atoms with van der Waals surface area (Å²) in [5, 5.41) is 0. The Hall–Kier alpha value is -2.04. The maximum atomic E-state index is 12.8. The number of benzene rings is 1. The lowest BCUT2D eigenvalue weighted by Gasteiger charge is -2.36. The van der Waals surface area contributed by atoms with Crippen LogP contribution in [0.5, 0.6) is 0 Å². The lowest BCUT2D eigenvalue weighted by atomic mass is 9.85. The Morgan fingerprint density at radius 3 is 2.04 bits per heavy atom. The second-order valence-corrected chi connectivity index (χ2v) is 8.31. The summed E-state index contributed by atoms with van der Waals surface area (Å²) < 4.78 is 5.41. The molecule has 0 aromatic heterocycles. The number of amides is 2. The van der Waals surface area contributed by atoms with Gasteiger partial charge in [-0.2, -0.15) is 0 Å². The van der Waals surface area contributed by atoms with E-state index in [1.807, 2.05) is 43.9 Å². The Balaban J connectivity index is 1.90. The van der Waals surface area contributed by atoms with Crippen molar-refractivity contribution in [2.75, 3.05) is 26.2 Å². The third kappa shape index (κ3) is 5.75. The highest BCUT2D eigenvalue weighted by Gasteiger charge is 2.29. The summed E-state index contributed by atoms with van der Waals surface area (Å²) in [6, 6.07) is 10.2. The van der Waals surface area contributed by atoms with E-state index in [1.54, 1.807) is 4.90 Å². The number of hydrogen-bond donors (Lipinski definition) is 0. The van der Waals surface area contributed by atoms with Gasteiger partial charge in [-0.25, -0.2) is 4.79 Å². The molecule has 1 heterocycles. The van der Waals surface area contributed by atoms with Crippen molar-refractivity contribution in [3.8, 4) is 0 Å². The number of rotatable bonds is 4. The van der Waals surface area contributed by atoms with Crippen LogP contribution in [0.1, 0.15) is 52.5 Å². The highest BCUT2D eigenvalue weighted by molar-refractivity contribution is 5.77. The van der Waals surface area contributed by atoms with Crippen molar-refractivity contribution in [2.24, 2.45) is 5.92 Å². The molecule has 2 rings (SSSR count). The fraction of sp³-hybridized carbons (Fsp3) is 0.619. The van der Waals surface area contributed by atoms with E-state index in [-0.39, 0.29) is 17.9 Å². The van der Waals surface area contributed by atoms with Crippen LogP contribution in [-0.2, 0) is 9.53 Å². The summed E-state index contributed by atoms with van der Waals surface area (Å²) in [5.41, 5.74) is 0.716. The van der Waals surface area contributed by atoms with Crippen molar-refractivity contribution in [3.63, 3.8) is 0 Å². The van der Waals surface area contributed by atoms with Gasteiger partial charge in [0.05, 0.1) is 0 Å². The average molecular weight is 360 g/mol. The molecule has 26 heavy (non-hydrogen) atoms. The molecule has 1 aliphatic heterocycles. The van der Waals surface area contributed by atoms with Gasteiger partial charge in [0.15, 0.2) is 0 Å². The van der Waals surface area contributed by atoms with Crippen LogP contribution in [0.4, 0.5) is 4.79 Å². The molecule has 2 amide bonds. The summed E-state index contributed by atoms with van der Waals surface area (Å²) in [6.07, 6.45) is 0.211. The van der Waals surface area contributed by atoms with Crippen LogP contribution in [0, 0.1) is 5.92 Å². The van der Waals surface area contributed by atoms with E-state index in [4.69, 9.17) is 4.74 Å². The van der Waals surface area contributed by atoms with Crippen LogP contribution in [0.2, 0.25) is 0 Å². The van der Waals surface area contributed by atoms with Crippen LogP contribution < -0.4 is 0 Å². The second kappa shape index (κ2) is 8.56. The minimum Gasteiger partial charge on any atom is -0.444 e. The van der Waals surface area contributed by atoms with Gasteiger partial charge in [-0.3, -0.25) is 4.79 Å². The van der Waals surface area contributed by atoms with Crippen molar-refractivity contribution >= 4 is 12.0 Å². The molecule has 1 aliphatic rings. The number of carbonyl (C=O) groups excluding carboxylic acids is 2. The number of hydrogen-bond acceptors (Lipinski definition) is 3.